The molecule has 0 aromatic heterocycles. The number of piperidine rings is 1. The van der Waals surface area contributed by atoms with Gasteiger partial charge in [0.1, 0.15) is 6.29 Å². The molecule has 2 aliphatic rings. The van der Waals surface area contributed by atoms with Gasteiger partial charge in [-0.15, -0.1) is 0 Å². The Morgan fingerprint density at radius 3 is 2.69 bits per heavy atom. The molecule has 0 aliphatic carbocycles. The van der Waals surface area contributed by atoms with Gasteiger partial charge in [-0.3, -0.25) is 4.79 Å². The molecular formula is C9H14N2O2. The molecule has 0 saturated carbocycles. The van der Waals surface area contributed by atoms with Gasteiger partial charge in [-0.25, -0.2) is 0 Å². The van der Waals surface area contributed by atoms with E-state index in [0.29, 0.717) is 0 Å². The largest absolute Gasteiger partial charge is 0.329 e. The maximum Gasteiger partial charge on any atom is 0.240 e. The van der Waals surface area contributed by atoms with Crippen LogP contribution in [0.2, 0.25) is 0 Å². The predicted molar refractivity (Wildman–Crippen MR) is 46.9 cm³/mol. The number of nitrogens with zero attached hydrogens (tertiary/aromatic N) is 1. The lowest BCUT2D eigenvalue weighted by atomic mass is 9.99. The summed E-state index contributed by atoms with van der Waals surface area (Å²) < 4.78 is 0. The molecule has 13 heavy (non-hydrogen) atoms. The molecule has 2 saturated heterocycles. The van der Waals surface area contributed by atoms with E-state index < -0.39 is 0 Å². The standard InChI is InChI=1S/C9H14N2O2/c10-8-4-3-6-1-2-7(5-12)11(6)9(8)13/h5-8H,1-4,10H2/t6-,7+,8+/m1/s1. The Morgan fingerprint density at radius 2 is 2.00 bits per heavy atom. The summed E-state index contributed by atoms with van der Waals surface area (Å²) in [6.07, 6.45) is 4.37. The van der Waals surface area contributed by atoms with Gasteiger partial charge >= 0.3 is 0 Å². The van der Waals surface area contributed by atoms with Crippen molar-refractivity contribution in [1.29, 1.82) is 0 Å². The highest BCUT2D eigenvalue weighted by molar-refractivity contribution is 5.86. The SMILES string of the molecule is N[C@H]1CC[C@H]2CC[C@@H](C=O)N2C1=O. The normalized spacial score (nSPS) is 39.0. The molecule has 2 fully saturated rings. The van der Waals surface area contributed by atoms with E-state index in [4.69, 9.17) is 5.73 Å². The fourth-order valence-corrected chi connectivity index (χ4v) is 2.36. The van der Waals surface area contributed by atoms with Gasteiger partial charge in [0.05, 0.1) is 12.1 Å². The number of nitrogens with two attached hydrogens (primary N) is 1. The van der Waals surface area contributed by atoms with Gasteiger partial charge in [0.2, 0.25) is 5.91 Å². The van der Waals surface area contributed by atoms with E-state index in [1.54, 1.807) is 4.90 Å². The first kappa shape index (κ1) is 8.69. The zero-order valence-corrected chi connectivity index (χ0v) is 7.48. The molecule has 0 unspecified atom stereocenters. The van der Waals surface area contributed by atoms with Crippen LogP contribution in [0.1, 0.15) is 25.7 Å². The van der Waals surface area contributed by atoms with Crippen LogP contribution in [0.4, 0.5) is 0 Å². The number of hydrogen-bond acceptors (Lipinski definition) is 3. The molecule has 4 heteroatoms. The third kappa shape index (κ3) is 1.25. The van der Waals surface area contributed by atoms with Crippen molar-refractivity contribution in [2.45, 2.75) is 43.8 Å². The average Bonchev–Trinajstić information content (AvgIpc) is 2.55. The van der Waals surface area contributed by atoms with E-state index >= 15 is 0 Å². The summed E-state index contributed by atoms with van der Waals surface area (Å²) in [7, 11) is 0. The number of amides is 1. The van der Waals surface area contributed by atoms with Crippen molar-refractivity contribution in [3.63, 3.8) is 0 Å². The number of carbonyl (C=O) groups is 2. The fraction of sp³-hybridized carbons (Fsp3) is 0.778. The lowest BCUT2D eigenvalue weighted by Gasteiger charge is -2.35. The Bertz CT molecular complexity index is 242. The van der Waals surface area contributed by atoms with E-state index in [1.165, 1.54) is 0 Å². The fourth-order valence-electron chi connectivity index (χ4n) is 2.36. The second-order valence-electron chi connectivity index (χ2n) is 3.86. The molecule has 1 amide bonds. The second-order valence-corrected chi connectivity index (χ2v) is 3.86. The number of hydrogen-bond donors (Lipinski definition) is 1. The third-order valence-corrected chi connectivity index (χ3v) is 3.09. The monoisotopic (exact) mass is 182 g/mol. The van der Waals surface area contributed by atoms with E-state index in [9.17, 15) is 9.59 Å². The third-order valence-electron chi connectivity index (χ3n) is 3.09. The number of carbonyl (C=O) groups excluding carboxylic acids is 2. The maximum atomic E-state index is 11.6. The highest BCUT2D eigenvalue weighted by Crippen LogP contribution is 2.30. The minimum absolute atomic E-state index is 0.0362. The van der Waals surface area contributed by atoms with E-state index in [-0.39, 0.29) is 24.0 Å². The highest BCUT2D eigenvalue weighted by atomic mass is 16.2. The summed E-state index contributed by atoms with van der Waals surface area (Å²) in [5, 5.41) is 0. The molecule has 0 aromatic carbocycles. The van der Waals surface area contributed by atoms with Crippen molar-refractivity contribution in [2.75, 3.05) is 0 Å². The molecule has 72 valence electrons. The smallest absolute Gasteiger partial charge is 0.240 e. The molecule has 2 aliphatic heterocycles. The van der Waals surface area contributed by atoms with Crippen LogP contribution in [0.3, 0.4) is 0 Å². The van der Waals surface area contributed by atoms with Crippen LogP contribution in [-0.4, -0.2) is 35.2 Å². The molecule has 2 rings (SSSR count). The van der Waals surface area contributed by atoms with Gasteiger partial charge in [-0.1, -0.05) is 0 Å². The minimum Gasteiger partial charge on any atom is -0.329 e. The van der Waals surface area contributed by atoms with Crippen molar-refractivity contribution in [1.82, 2.24) is 4.90 Å². The molecule has 4 nitrogen and oxygen atoms in total. The first-order valence-electron chi connectivity index (χ1n) is 4.77. The maximum absolute atomic E-state index is 11.6. The molecule has 2 N–H and O–H groups in total. The zero-order chi connectivity index (χ0) is 9.42. The Balaban J connectivity index is 2.19. The van der Waals surface area contributed by atoms with Gasteiger partial charge in [0.15, 0.2) is 0 Å². The second kappa shape index (κ2) is 3.10. The van der Waals surface area contributed by atoms with Gasteiger partial charge in [-0.2, -0.15) is 0 Å². The molecule has 0 bridgehead atoms. The van der Waals surface area contributed by atoms with Gasteiger partial charge in [-0.05, 0) is 25.7 Å². The van der Waals surface area contributed by atoms with Crippen molar-refractivity contribution in [2.24, 2.45) is 5.73 Å². The first-order chi connectivity index (χ1) is 6.24. The Hall–Kier alpha value is -0.900. The van der Waals surface area contributed by atoms with Crippen LogP contribution in [0.15, 0.2) is 0 Å². The number of aldehydes is 1. The minimum atomic E-state index is -0.378. The number of fused-ring (bicyclic) bond motifs is 1. The number of rotatable bonds is 1. The van der Waals surface area contributed by atoms with Crippen molar-refractivity contribution < 1.29 is 9.59 Å². The molecule has 3 atom stereocenters. The van der Waals surface area contributed by atoms with E-state index in [2.05, 4.69) is 0 Å². The predicted octanol–water partition coefficient (Wildman–Crippen LogP) is -0.334. The Kier molecular flexibility index (Phi) is 2.07. The quantitative estimate of drug-likeness (QED) is 0.564. The summed E-state index contributed by atoms with van der Waals surface area (Å²) in [4.78, 5) is 24.0. The van der Waals surface area contributed by atoms with Crippen molar-refractivity contribution >= 4 is 12.2 Å². The Labute approximate surface area is 77.1 Å². The van der Waals surface area contributed by atoms with Crippen LogP contribution < -0.4 is 5.73 Å². The van der Waals surface area contributed by atoms with Crippen LogP contribution in [0.25, 0.3) is 0 Å². The Morgan fingerprint density at radius 1 is 1.31 bits per heavy atom. The lowest BCUT2D eigenvalue weighted by Crippen LogP contribution is -2.53. The molecular weight excluding hydrogens is 168 g/mol. The summed E-state index contributed by atoms with van der Waals surface area (Å²) in [6, 6.07) is -0.303. The van der Waals surface area contributed by atoms with Gasteiger partial charge < -0.3 is 15.4 Å². The van der Waals surface area contributed by atoms with Gasteiger partial charge in [0.25, 0.3) is 0 Å². The van der Waals surface area contributed by atoms with Crippen LogP contribution in [0, 0.1) is 0 Å². The molecule has 0 radical (unpaired) electrons. The summed E-state index contributed by atoms with van der Waals surface area (Å²) in [5.41, 5.74) is 5.64. The van der Waals surface area contributed by atoms with E-state index in [1.807, 2.05) is 0 Å². The summed E-state index contributed by atoms with van der Waals surface area (Å²) >= 11 is 0. The first-order valence-corrected chi connectivity index (χ1v) is 4.77. The highest BCUT2D eigenvalue weighted by Gasteiger charge is 2.41. The summed E-state index contributed by atoms with van der Waals surface area (Å²) in [5.74, 6) is -0.0362. The molecule has 0 aromatic rings. The van der Waals surface area contributed by atoms with Crippen LogP contribution >= 0.6 is 0 Å². The lowest BCUT2D eigenvalue weighted by molar-refractivity contribution is -0.140. The van der Waals surface area contributed by atoms with Gasteiger partial charge in [0, 0.05) is 6.04 Å². The van der Waals surface area contributed by atoms with E-state index in [0.717, 1.165) is 32.0 Å². The zero-order valence-electron chi connectivity index (χ0n) is 7.48. The topological polar surface area (TPSA) is 63.4 Å². The molecule has 2 heterocycles. The van der Waals surface area contributed by atoms with Crippen molar-refractivity contribution in [3.05, 3.63) is 0 Å². The van der Waals surface area contributed by atoms with Crippen molar-refractivity contribution in [3.8, 4) is 0 Å². The average molecular weight is 182 g/mol. The molecule has 0 spiro atoms. The van der Waals surface area contributed by atoms with Crippen LogP contribution in [-0.2, 0) is 9.59 Å². The summed E-state index contributed by atoms with van der Waals surface area (Å²) in [6.45, 7) is 0. The van der Waals surface area contributed by atoms with Crippen LogP contribution in [0.5, 0.6) is 0 Å².